The summed E-state index contributed by atoms with van der Waals surface area (Å²) in [7, 11) is -1.43. The molecule has 0 aliphatic rings. The zero-order valence-electron chi connectivity index (χ0n) is 9.77. The van der Waals surface area contributed by atoms with E-state index in [1.807, 2.05) is 18.2 Å². The van der Waals surface area contributed by atoms with Crippen LogP contribution in [0.25, 0.3) is 0 Å². The predicted octanol–water partition coefficient (Wildman–Crippen LogP) is 3.19. The van der Waals surface area contributed by atoms with Gasteiger partial charge in [-0.3, -0.25) is 0 Å². The minimum Gasteiger partial charge on any atom is -0.389 e. The fraction of sp³-hybridized carbons (Fsp3) is 0.385. The van der Waals surface area contributed by atoms with E-state index in [-0.39, 0.29) is 5.54 Å². The largest absolute Gasteiger partial charge is 0.389 e. The maximum atomic E-state index is 10.0. The van der Waals surface area contributed by atoms with Crippen molar-refractivity contribution in [2.24, 2.45) is 0 Å². The van der Waals surface area contributed by atoms with Gasteiger partial charge in [-0.15, -0.1) is 6.58 Å². The van der Waals surface area contributed by atoms with Crippen molar-refractivity contribution in [2.45, 2.75) is 31.3 Å². The Morgan fingerprint density at radius 2 is 1.73 bits per heavy atom. The van der Waals surface area contributed by atoms with E-state index in [1.165, 1.54) is 5.56 Å². The minimum absolute atomic E-state index is 0.233. The van der Waals surface area contributed by atoms with Gasteiger partial charge in [-0.05, 0) is 5.56 Å². The van der Waals surface area contributed by atoms with Crippen molar-refractivity contribution in [1.82, 2.24) is 0 Å². The second-order valence-electron chi connectivity index (χ2n) is 4.98. The van der Waals surface area contributed by atoms with Crippen LogP contribution in [0.4, 0.5) is 0 Å². The van der Waals surface area contributed by atoms with Crippen molar-refractivity contribution in [1.29, 1.82) is 0 Å². The molecule has 1 rings (SSSR count). The van der Waals surface area contributed by atoms with Crippen LogP contribution in [0.1, 0.15) is 11.1 Å². The molecular weight excluding hydrogens is 200 g/mol. The molecule has 0 amide bonds. The molecule has 2 unspecified atom stereocenters. The molecule has 0 heterocycles. The topological polar surface area (TPSA) is 20.2 Å². The molecule has 1 nitrogen and oxygen atoms in total. The van der Waals surface area contributed by atoms with Crippen LogP contribution in [0.2, 0.25) is 19.6 Å². The van der Waals surface area contributed by atoms with Gasteiger partial charge in [0.1, 0.15) is 0 Å². The molecule has 0 aromatic heterocycles. The molecule has 0 saturated carbocycles. The first-order chi connectivity index (χ1) is 6.96. The molecule has 0 saturated heterocycles. The lowest BCUT2D eigenvalue weighted by molar-refractivity contribution is 0.215. The first-order valence-corrected chi connectivity index (χ1v) is 8.90. The van der Waals surface area contributed by atoms with E-state index < -0.39 is 14.2 Å². The SMILES string of the molecule is C=CC(O)C(c1ccccc1)[Si](C)(C)C. The second-order valence-corrected chi connectivity index (χ2v) is 10.3. The average Bonchev–Trinajstić information content (AvgIpc) is 2.17. The smallest absolute Gasteiger partial charge is 0.0762 e. The summed E-state index contributed by atoms with van der Waals surface area (Å²) in [6.45, 7) is 10.5. The van der Waals surface area contributed by atoms with Gasteiger partial charge in [0.2, 0.25) is 0 Å². The van der Waals surface area contributed by atoms with Gasteiger partial charge in [0.05, 0.1) is 14.2 Å². The Bertz CT molecular complexity index is 313. The summed E-state index contributed by atoms with van der Waals surface area (Å²) in [4.78, 5) is 0. The summed E-state index contributed by atoms with van der Waals surface area (Å²) in [5.41, 5.74) is 1.46. The van der Waals surface area contributed by atoms with Crippen LogP contribution in [0.3, 0.4) is 0 Å². The normalized spacial score (nSPS) is 15.7. The minimum atomic E-state index is -1.43. The molecular formula is C13H20OSi. The van der Waals surface area contributed by atoms with E-state index in [2.05, 4.69) is 38.4 Å². The third-order valence-corrected chi connectivity index (χ3v) is 5.22. The van der Waals surface area contributed by atoms with E-state index in [1.54, 1.807) is 6.08 Å². The highest BCUT2D eigenvalue weighted by molar-refractivity contribution is 6.77. The van der Waals surface area contributed by atoms with Gasteiger partial charge in [-0.1, -0.05) is 56.0 Å². The third-order valence-electron chi connectivity index (χ3n) is 2.67. The zero-order chi connectivity index (χ0) is 11.5. The monoisotopic (exact) mass is 220 g/mol. The summed E-state index contributed by atoms with van der Waals surface area (Å²) in [6, 6.07) is 10.2. The van der Waals surface area contributed by atoms with Crippen molar-refractivity contribution >= 4 is 8.07 Å². The molecule has 82 valence electrons. The second kappa shape index (κ2) is 4.77. The van der Waals surface area contributed by atoms with Crippen LogP contribution in [0, 0.1) is 0 Å². The molecule has 1 aromatic rings. The van der Waals surface area contributed by atoms with Crippen LogP contribution in [-0.4, -0.2) is 19.3 Å². The standard InChI is InChI=1S/C13H20OSi/c1-5-12(14)13(15(2,3)4)11-9-7-6-8-10-11/h5-10,12-14H,1H2,2-4H3. The first-order valence-electron chi connectivity index (χ1n) is 5.32. The quantitative estimate of drug-likeness (QED) is 0.610. The summed E-state index contributed by atoms with van der Waals surface area (Å²) < 4.78 is 0. The van der Waals surface area contributed by atoms with Gasteiger partial charge in [0.15, 0.2) is 0 Å². The number of aliphatic hydroxyl groups excluding tert-OH is 1. The lowest BCUT2D eigenvalue weighted by atomic mass is 10.1. The summed E-state index contributed by atoms with van der Waals surface area (Å²) >= 11 is 0. The maximum absolute atomic E-state index is 10.0. The van der Waals surface area contributed by atoms with Crippen molar-refractivity contribution in [3.8, 4) is 0 Å². The van der Waals surface area contributed by atoms with E-state index in [0.717, 1.165) is 0 Å². The average molecular weight is 220 g/mol. The van der Waals surface area contributed by atoms with Crippen molar-refractivity contribution in [3.63, 3.8) is 0 Å². The van der Waals surface area contributed by atoms with Gasteiger partial charge in [-0.2, -0.15) is 0 Å². The molecule has 0 fully saturated rings. The number of rotatable bonds is 4. The van der Waals surface area contributed by atoms with Gasteiger partial charge in [-0.25, -0.2) is 0 Å². The zero-order valence-corrected chi connectivity index (χ0v) is 10.8. The molecule has 0 spiro atoms. The van der Waals surface area contributed by atoms with Gasteiger partial charge < -0.3 is 5.11 Å². The van der Waals surface area contributed by atoms with E-state index in [9.17, 15) is 5.11 Å². The van der Waals surface area contributed by atoms with Gasteiger partial charge >= 0.3 is 0 Å². The maximum Gasteiger partial charge on any atom is 0.0762 e. The van der Waals surface area contributed by atoms with Crippen LogP contribution < -0.4 is 0 Å². The molecule has 2 atom stereocenters. The Labute approximate surface area is 93.5 Å². The van der Waals surface area contributed by atoms with E-state index >= 15 is 0 Å². The molecule has 0 radical (unpaired) electrons. The lowest BCUT2D eigenvalue weighted by Crippen LogP contribution is -2.38. The van der Waals surface area contributed by atoms with Crippen molar-refractivity contribution < 1.29 is 5.11 Å². The first kappa shape index (κ1) is 12.2. The number of hydrogen-bond donors (Lipinski definition) is 1. The molecule has 1 aromatic carbocycles. The van der Waals surface area contributed by atoms with Crippen molar-refractivity contribution in [3.05, 3.63) is 48.6 Å². The lowest BCUT2D eigenvalue weighted by Gasteiger charge is -2.32. The van der Waals surface area contributed by atoms with E-state index in [0.29, 0.717) is 0 Å². The van der Waals surface area contributed by atoms with Crippen LogP contribution in [0.15, 0.2) is 43.0 Å². The molecule has 1 N–H and O–H groups in total. The number of hydrogen-bond acceptors (Lipinski definition) is 1. The molecule has 0 bridgehead atoms. The van der Waals surface area contributed by atoms with Crippen LogP contribution in [0.5, 0.6) is 0 Å². The highest BCUT2D eigenvalue weighted by atomic mass is 28.3. The molecule has 0 aliphatic carbocycles. The number of aliphatic hydroxyl groups is 1. The fourth-order valence-electron chi connectivity index (χ4n) is 2.01. The predicted molar refractivity (Wildman–Crippen MR) is 68.7 cm³/mol. The van der Waals surface area contributed by atoms with Gasteiger partial charge in [0, 0.05) is 5.54 Å². The highest BCUT2D eigenvalue weighted by Crippen LogP contribution is 2.30. The van der Waals surface area contributed by atoms with Crippen molar-refractivity contribution in [2.75, 3.05) is 0 Å². The Hall–Kier alpha value is -0.863. The summed E-state index contributed by atoms with van der Waals surface area (Å²) in [6.07, 6.45) is 1.22. The fourth-order valence-corrected chi connectivity index (χ4v) is 4.36. The molecule has 0 aliphatic heterocycles. The summed E-state index contributed by atoms with van der Waals surface area (Å²) in [5, 5.41) is 10.0. The van der Waals surface area contributed by atoms with Gasteiger partial charge in [0.25, 0.3) is 0 Å². The Kier molecular flexibility index (Phi) is 3.88. The highest BCUT2D eigenvalue weighted by Gasteiger charge is 2.32. The van der Waals surface area contributed by atoms with E-state index in [4.69, 9.17) is 0 Å². The summed E-state index contributed by atoms with van der Waals surface area (Å²) in [5.74, 6) is 0. The number of benzene rings is 1. The Morgan fingerprint density at radius 1 is 1.20 bits per heavy atom. The Balaban J connectivity index is 3.08. The molecule has 15 heavy (non-hydrogen) atoms. The van der Waals surface area contributed by atoms with Crippen LogP contribution in [-0.2, 0) is 0 Å². The third kappa shape index (κ3) is 3.04. The Morgan fingerprint density at radius 3 is 2.13 bits per heavy atom. The molecule has 2 heteroatoms. The van der Waals surface area contributed by atoms with Crippen LogP contribution >= 0.6 is 0 Å².